The Kier molecular flexibility index (Phi) is 5.56. The summed E-state index contributed by atoms with van der Waals surface area (Å²) in [4.78, 5) is 1.96. The van der Waals surface area contributed by atoms with Crippen molar-refractivity contribution >= 4 is 5.69 Å². The lowest BCUT2D eigenvalue weighted by Crippen LogP contribution is -3.00. The van der Waals surface area contributed by atoms with Crippen molar-refractivity contribution in [3.8, 4) is 5.75 Å². The SMILES string of the molecule is COc1ccc2c(c1)C(C)(CC[N+](C)(C)C)C(O)N2C.[I-]. The lowest BCUT2D eigenvalue weighted by molar-refractivity contribution is -0.871. The first kappa shape index (κ1) is 18.5. The number of hydrogen-bond acceptors (Lipinski definition) is 3. The minimum Gasteiger partial charge on any atom is -1.00 e. The molecule has 1 aromatic rings. The van der Waals surface area contributed by atoms with E-state index in [0.29, 0.717) is 0 Å². The van der Waals surface area contributed by atoms with Crippen LogP contribution in [0.4, 0.5) is 5.69 Å². The molecule has 120 valence electrons. The molecule has 1 heterocycles. The Labute approximate surface area is 145 Å². The summed E-state index contributed by atoms with van der Waals surface area (Å²) in [6, 6.07) is 6.06. The summed E-state index contributed by atoms with van der Waals surface area (Å²) in [5, 5.41) is 10.7. The molecule has 0 spiro atoms. The quantitative estimate of drug-likeness (QED) is 0.505. The molecule has 0 amide bonds. The van der Waals surface area contributed by atoms with E-state index in [2.05, 4.69) is 34.1 Å². The molecule has 0 saturated heterocycles. The number of hydrogen-bond donors (Lipinski definition) is 1. The Hall–Kier alpha value is -0.530. The first-order valence-corrected chi connectivity index (χ1v) is 7.09. The molecule has 2 rings (SSSR count). The topological polar surface area (TPSA) is 32.7 Å². The molecule has 21 heavy (non-hydrogen) atoms. The van der Waals surface area contributed by atoms with Crippen LogP contribution >= 0.6 is 0 Å². The second kappa shape index (κ2) is 6.30. The highest BCUT2D eigenvalue weighted by Gasteiger charge is 2.46. The molecule has 0 radical (unpaired) electrons. The van der Waals surface area contributed by atoms with Crippen molar-refractivity contribution in [1.29, 1.82) is 0 Å². The van der Waals surface area contributed by atoms with Crippen molar-refractivity contribution in [3.63, 3.8) is 0 Å². The van der Waals surface area contributed by atoms with Crippen molar-refractivity contribution < 1.29 is 38.3 Å². The maximum absolute atomic E-state index is 10.7. The zero-order chi connectivity index (χ0) is 15.1. The fourth-order valence-corrected chi connectivity index (χ4v) is 2.94. The number of anilines is 1. The molecule has 0 aromatic heterocycles. The molecule has 0 bridgehead atoms. The normalized spacial score (nSPS) is 24.5. The average molecular weight is 406 g/mol. The van der Waals surface area contributed by atoms with Crippen molar-refractivity contribution in [2.24, 2.45) is 0 Å². The number of halogens is 1. The largest absolute Gasteiger partial charge is 1.00 e. The van der Waals surface area contributed by atoms with Crippen LogP contribution in [-0.4, -0.2) is 57.7 Å². The average Bonchev–Trinajstić information content (AvgIpc) is 2.58. The van der Waals surface area contributed by atoms with E-state index in [1.54, 1.807) is 7.11 Å². The summed E-state index contributed by atoms with van der Waals surface area (Å²) in [6.07, 6.45) is 0.443. The van der Waals surface area contributed by atoms with E-state index in [-0.39, 0.29) is 29.4 Å². The Morgan fingerprint density at radius 3 is 2.48 bits per heavy atom. The lowest BCUT2D eigenvalue weighted by atomic mass is 9.79. The maximum atomic E-state index is 10.7. The maximum Gasteiger partial charge on any atom is 0.136 e. The van der Waals surface area contributed by atoms with Gasteiger partial charge in [-0.15, -0.1) is 0 Å². The van der Waals surface area contributed by atoms with E-state index in [9.17, 15) is 5.11 Å². The van der Waals surface area contributed by atoms with Gasteiger partial charge in [0.25, 0.3) is 0 Å². The Bertz CT molecular complexity index is 502. The van der Waals surface area contributed by atoms with E-state index in [4.69, 9.17) is 4.74 Å². The summed E-state index contributed by atoms with van der Waals surface area (Å²) in [5.41, 5.74) is 2.02. The predicted octanol–water partition coefficient (Wildman–Crippen LogP) is -1.18. The van der Waals surface area contributed by atoms with Gasteiger partial charge < -0.3 is 43.2 Å². The van der Waals surface area contributed by atoms with E-state index < -0.39 is 6.23 Å². The van der Waals surface area contributed by atoms with E-state index in [1.807, 2.05) is 24.1 Å². The zero-order valence-electron chi connectivity index (χ0n) is 13.9. The third-order valence-corrected chi connectivity index (χ3v) is 4.44. The summed E-state index contributed by atoms with van der Waals surface area (Å²) < 4.78 is 6.24. The molecular weight excluding hydrogens is 379 g/mol. The van der Waals surface area contributed by atoms with Gasteiger partial charge in [0.15, 0.2) is 0 Å². The number of nitrogens with zero attached hydrogens (tertiary/aromatic N) is 2. The van der Waals surface area contributed by atoms with Crippen molar-refractivity contribution in [3.05, 3.63) is 23.8 Å². The third-order valence-electron chi connectivity index (χ3n) is 4.44. The number of likely N-dealkylation sites (N-methyl/N-ethyl adjacent to an activating group) is 1. The van der Waals surface area contributed by atoms with Gasteiger partial charge in [0.05, 0.1) is 34.8 Å². The highest BCUT2D eigenvalue weighted by atomic mass is 127. The third kappa shape index (κ3) is 3.46. The van der Waals surface area contributed by atoms with Crippen LogP contribution in [-0.2, 0) is 5.41 Å². The molecule has 1 aliphatic rings. The minimum absolute atomic E-state index is 0. The molecule has 2 unspecified atom stereocenters. The number of aliphatic hydroxyl groups is 1. The summed E-state index contributed by atoms with van der Waals surface area (Å²) in [7, 11) is 10.2. The summed E-state index contributed by atoms with van der Waals surface area (Å²) in [6.45, 7) is 3.16. The fourth-order valence-electron chi connectivity index (χ4n) is 2.94. The predicted molar refractivity (Wildman–Crippen MR) is 82.3 cm³/mol. The van der Waals surface area contributed by atoms with Crippen LogP contribution in [0.5, 0.6) is 5.75 Å². The summed E-state index contributed by atoms with van der Waals surface area (Å²) in [5.74, 6) is 0.850. The van der Waals surface area contributed by atoms with Crippen LogP contribution in [0.15, 0.2) is 18.2 Å². The first-order chi connectivity index (χ1) is 9.19. The Balaban J connectivity index is 0.00000220. The highest BCUT2D eigenvalue weighted by molar-refractivity contribution is 5.64. The van der Waals surface area contributed by atoms with Gasteiger partial charge in [-0.3, -0.25) is 0 Å². The van der Waals surface area contributed by atoms with Crippen LogP contribution in [0, 0.1) is 0 Å². The van der Waals surface area contributed by atoms with Crippen molar-refractivity contribution in [2.75, 3.05) is 46.7 Å². The molecule has 1 N–H and O–H groups in total. The van der Waals surface area contributed by atoms with Gasteiger partial charge in [0.1, 0.15) is 12.0 Å². The molecule has 0 aliphatic carbocycles. The van der Waals surface area contributed by atoms with Gasteiger partial charge in [0, 0.05) is 24.6 Å². The monoisotopic (exact) mass is 406 g/mol. The second-order valence-electron chi connectivity index (χ2n) is 7.05. The molecule has 4 nitrogen and oxygen atoms in total. The Morgan fingerprint density at radius 2 is 1.95 bits per heavy atom. The van der Waals surface area contributed by atoms with Crippen molar-refractivity contribution in [1.82, 2.24) is 0 Å². The molecule has 1 aromatic carbocycles. The number of methoxy groups -OCH3 is 1. The second-order valence-corrected chi connectivity index (χ2v) is 7.05. The summed E-state index contributed by atoms with van der Waals surface area (Å²) >= 11 is 0. The van der Waals surface area contributed by atoms with E-state index in [0.717, 1.165) is 28.9 Å². The highest BCUT2D eigenvalue weighted by Crippen LogP contribution is 2.47. The van der Waals surface area contributed by atoms with E-state index >= 15 is 0 Å². The number of fused-ring (bicyclic) bond motifs is 1. The number of ether oxygens (including phenoxy) is 1. The standard InChI is InChI=1S/C16H27N2O2.HI/c1-16(9-10-18(3,4)5)13-11-12(20-6)7-8-14(13)17(2)15(16)19;/h7-8,11,15,19H,9-10H2,1-6H3;1H/q+1;/p-1. The molecule has 0 saturated carbocycles. The van der Waals surface area contributed by atoms with Crippen molar-refractivity contribution in [2.45, 2.75) is 25.0 Å². The lowest BCUT2D eigenvalue weighted by Gasteiger charge is -2.34. The number of benzene rings is 1. The van der Waals surface area contributed by atoms with Gasteiger partial charge in [-0.1, -0.05) is 6.92 Å². The molecule has 2 atom stereocenters. The van der Waals surface area contributed by atoms with Crippen LogP contribution < -0.4 is 33.6 Å². The molecule has 0 fully saturated rings. The van der Waals surface area contributed by atoms with Crippen LogP contribution in [0.2, 0.25) is 0 Å². The molecule has 1 aliphatic heterocycles. The number of rotatable bonds is 4. The zero-order valence-corrected chi connectivity index (χ0v) is 16.0. The number of quaternary nitrogens is 1. The molecule has 5 heteroatoms. The molecular formula is C16H27IN2O2. The first-order valence-electron chi connectivity index (χ1n) is 7.09. The smallest absolute Gasteiger partial charge is 0.136 e. The fraction of sp³-hybridized carbons (Fsp3) is 0.625. The van der Waals surface area contributed by atoms with Gasteiger partial charge in [-0.2, -0.15) is 0 Å². The van der Waals surface area contributed by atoms with Gasteiger partial charge in [-0.05, 0) is 23.8 Å². The van der Waals surface area contributed by atoms with Crippen LogP contribution in [0.3, 0.4) is 0 Å². The number of aliphatic hydroxyl groups excluding tert-OH is 1. The van der Waals surface area contributed by atoms with E-state index in [1.165, 1.54) is 5.56 Å². The van der Waals surface area contributed by atoms with Gasteiger partial charge >= 0.3 is 0 Å². The van der Waals surface area contributed by atoms with Gasteiger partial charge in [-0.25, -0.2) is 0 Å². The van der Waals surface area contributed by atoms with Gasteiger partial charge in [0.2, 0.25) is 0 Å². The Morgan fingerprint density at radius 1 is 1.33 bits per heavy atom. The van der Waals surface area contributed by atoms with Crippen LogP contribution in [0.25, 0.3) is 0 Å². The minimum atomic E-state index is -0.490. The van der Waals surface area contributed by atoms with Crippen LogP contribution in [0.1, 0.15) is 18.9 Å².